The van der Waals surface area contributed by atoms with Crippen LogP contribution < -0.4 is 5.48 Å². The van der Waals surface area contributed by atoms with Gasteiger partial charge in [-0.05, 0) is 18.7 Å². The van der Waals surface area contributed by atoms with E-state index in [0.29, 0.717) is 6.61 Å². The molecule has 1 N–H and O–H groups in total. The van der Waals surface area contributed by atoms with Gasteiger partial charge in [-0.3, -0.25) is 9.63 Å². The molecular formula is C6H14NO4PS2. The van der Waals surface area contributed by atoms with E-state index in [-0.39, 0.29) is 11.7 Å². The van der Waals surface area contributed by atoms with Gasteiger partial charge in [0.1, 0.15) is 0 Å². The van der Waals surface area contributed by atoms with E-state index in [1.165, 1.54) is 25.6 Å². The molecule has 0 spiro atoms. The molecule has 0 aromatic heterocycles. The van der Waals surface area contributed by atoms with Gasteiger partial charge in [0.2, 0.25) is 5.69 Å². The van der Waals surface area contributed by atoms with Crippen molar-refractivity contribution < 1.29 is 18.7 Å². The monoisotopic (exact) mass is 259 g/mol. The molecule has 0 heterocycles. The van der Waals surface area contributed by atoms with Gasteiger partial charge in [0.25, 0.3) is 5.91 Å². The molecule has 0 saturated carbocycles. The van der Waals surface area contributed by atoms with Gasteiger partial charge in [0, 0.05) is 14.2 Å². The van der Waals surface area contributed by atoms with Gasteiger partial charge in [-0.25, -0.2) is 5.48 Å². The van der Waals surface area contributed by atoms with Gasteiger partial charge in [-0.1, -0.05) is 11.4 Å². The van der Waals surface area contributed by atoms with E-state index in [9.17, 15) is 4.79 Å². The molecule has 84 valence electrons. The molecule has 0 aliphatic rings. The molecule has 14 heavy (non-hydrogen) atoms. The number of hydrogen-bond donors (Lipinski definition) is 1. The Bertz CT molecular complexity index is 218. The average Bonchev–Trinajstić information content (AvgIpc) is 2.23. The molecule has 0 rings (SSSR count). The number of rotatable bonds is 7. The predicted octanol–water partition coefficient (Wildman–Crippen LogP) is 1.30. The summed E-state index contributed by atoms with van der Waals surface area (Å²) in [6.45, 7) is 2.21. The van der Waals surface area contributed by atoms with Gasteiger partial charge in [0.05, 0.1) is 12.4 Å². The third-order valence-corrected chi connectivity index (χ3v) is 6.81. The van der Waals surface area contributed by atoms with Crippen molar-refractivity contribution in [1.82, 2.24) is 5.48 Å². The van der Waals surface area contributed by atoms with E-state index in [2.05, 4.69) is 5.48 Å². The number of hydrogen-bond acceptors (Lipinski definition) is 6. The summed E-state index contributed by atoms with van der Waals surface area (Å²) in [6.07, 6.45) is 0. The second-order valence-electron chi connectivity index (χ2n) is 2.04. The molecule has 1 amide bonds. The Labute approximate surface area is 92.7 Å². The highest BCUT2D eigenvalue weighted by atomic mass is 32.9. The second-order valence-corrected chi connectivity index (χ2v) is 8.57. The summed E-state index contributed by atoms with van der Waals surface area (Å²) in [5, 5.41) is 0. The molecule has 8 heteroatoms. The number of nitrogens with one attached hydrogen (secondary N) is 1. The molecule has 0 saturated heterocycles. The lowest BCUT2D eigenvalue weighted by molar-refractivity contribution is -0.130. The first kappa shape index (κ1) is 14.3. The summed E-state index contributed by atoms with van der Waals surface area (Å²) >= 11 is 6.22. The maximum absolute atomic E-state index is 11.1. The van der Waals surface area contributed by atoms with Crippen molar-refractivity contribution >= 4 is 34.8 Å². The van der Waals surface area contributed by atoms with Crippen molar-refractivity contribution in [3.8, 4) is 0 Å². The van der Waals surface area contributed by atoms with Gasteiger partial charge in [-0.15, -0.1) is 0 Å². The minimum absolute atomic E-state index is 0.166. The topological polar surface area (TPSA) is 56.8 Å². The minimum Gasteiger partial charge on any atom is -0.325 e. The third kappa shape index (κ3) is 5.95. The molecule has 0 aliphatic heterocycles. The summed E-state index contributed by atoms with van der Waals surface area (Å²) < 4.78 is 9.98. The zero-order chi connectivity index (χ0) is 11.0. The van der Waals surface area contributed by atoms with Gasteiger partial charge in [-0.2, -0.15) is 0 Å². The Hall–Kier alpha value is 0.350. The van der Waals surface area contributed by atoms with Crippen LogP contribution in [0.25, 0.3) is 0 Å². The normalized spacial score (nSPS) is 11.4. The van der Waals surface area contributed by atoms with Crippen molar-refractivity contribution in [3.05, 3.63) is 0 Å². The minimum atomic E-state index is -2.33. The Morgan fingerprint density at radius 3 is 2.50 bits per heavy atom. The van der Waals surface area contributed by atoms with Crippen molar-refractivity contribution in [3.63, 3.8) is 0 Å². The first-order chi connectivity index (χ1) is 6.58. The highest BCUT2D eigenvalue weighted by Gasteiger charge is 2.18. The van der Waals surface area contributed by atoms with Crippen molar-refractivity contribution in [1.29, 1.82) is 0 Å². The van der Waals surface area contributed by atoms with E-state index >= 15 is 0 Å². The van der Waals surface area contributed by atoms with Gasteiger partial charge < -0.3 is 9.05 Å². The Morgan fingerprint density at radius 1 is 1.50 bits per heavy atom. The van der Waals surface area contributed by atoms with E-state index in [0.717, 1.165) is 0 Å². The van der Waals surface area contributed by atoms with Crippen LogP contribution in [0.4, 0.5) is 0 Å². The number of carbonyl (C=O) groups is 1. The fourth-order valence-electron chi connectivity index (χ4n) is 0.500. The predicted molar refractivity (Wildman–Crippen MR) is 60.5 cm³/mol. The van der Waals surface area contributed by atoms with E-state index in [1.807, 2.05) is 0 Å². The smallest absolute Gasteiger partial charge is 0.254 e. The van der Waals surface area contributed by atoms with E-state index < -0.39 is 5.69 Å². The zero-order valence-electron chi connectivity index (χ0n) is 8.31. The zero-order valence-corrected chi connectivity index (χ0v) is 10.8. The summed E-state index contributed by atoms with van der Waals surface area (Å²) in [6, 6.07) is 0. The number of amides is 1. The van der Waals surface area contributed by atoms with Crippen molar-refractivity contribution in [2.24, 2.45) is 0 Å². The lowest BCUT2D eigenvalue weighted by Gasteiger charge is -2.15. The van der Waals surface area contributed by atoms with E-state index in [1.54, 1.807) is 6.92 Å². The molecule has 0 fully saturated rings. The van der Waals surface area contributed by atoms with Crippen LogP contribution in [0.3, 0.4) is 0 Å². The van der Waals surface area contributed by atoms with Crippen LogP contribution in [0.1, 0.15) is 6.92 Å². The fourth-order valence-corrected chi connectivity index (χ4v) is 3.13. The lowest BCUT2D eigenvalue weighted by atomic mass is 10.8. The van der Waals surface area contributed by atoms with Crippen LogP contribution in [0.15, 0.2) is 0 Å². The second kappa shape index (κ2) is 7.62. The standard InChI is InChI=1S/C6H14NO4PS2/c1-4-11-7-6(8)5-14-12(13,9-2)10-3/h4-5H2,1-3H3,(H,7,8). The van der Waals surface area contributed by atoms with Crippen molar-refractivity contribution in [2.45, 2.75) is 6.92 Å². The molecule has 0 radical (unpaired) electrons. The maximum atomic E-state index is 11.1. The summed E-state index contributed by atoms with van der Waals surface area (Å²) in [4.78, 5) is 15.8. The van der Waals surface area contributed by atoms with Crippen LogP contribution >= 0.6 is 17.1 Å². The first-order valence-electron chi connectivity index (χ1n) is 3.84. The molecule has 0 unspecified atom stereocenters. The van der Waals surface area contributed by atoms with Crippen LogP contribution in [0.2, 0.25) is 0 Å². The lowest BCUT2D eigenvalue weighted by Crippen LogP contribution is -2.25. The Balaban J connectivity index is 3.80. The summed E-state index contributed by atoms with van der Waals surface area (Å²) in [7, 11) is 2.94. The van der Waals surface area contributed by atoms with Gasteiger partial charge in [0.15, 0.2) is 0 Å². The molecule has 5 nitrogen and oxygen atoms in total. The highest BCUT2D eigenvalue weighted by molar-refractivity contribution is 8.68. The highest BCUT2D eigenvalue weighted by Crippen LogP contribution is 2.59. The fraction of sp³-hybridized carbons (Fsp3) is 0.833. The first-order valence-corrected chi connectivity index (χ1v) is 8.07. The molecule has 0 aromatic carbocycles. The molecule has 0 aromatic rings. The van der Waals surface area contributed by atoms with Crippen LogP contribution in [0, 0.1) is 0 Å². The third-order valence-electron chi connectivity index (χ3n) is 1.13. The van der Waals surface area contributed by atoms with Crippen molar-refractivity contribution in [2.75, 3.05) is 26.6 Å². The largest absolute Gasteiger partial charge is 0.325 e. The molecule has 0 bridgehead atoms. The van der Waals surface area contributed by atoms with E-state index in [4.69, 9.17) is 25.7 Å². The SMILES string of the molecule is CCONC(=O)CSP(=S)(OC)OC. The molecular weight excluding hydrogens is 245 g/mol. The number of carbonyl (C=O) groups excluding carboxylic acids is 1. The quantitative estimate of drug-likeness (QED) is 0.549. The Kier molecular flexibility index (Phi) is 7.81. The van der Waals surface area contributed by atoms with Gasteiger partial charge >= 0.3 is 0 Å². The summed E-state index contributed by atoms with van der Waals surface area (Å²) in [5.41, 5.74) is -0.0798. The average molecular weight is 259 g/mol. The summed E-state index contributed by atoms with van der Waals surface area (Å²) in [5.74, 6) is -0.0842. The molecule has 0 atom stereocenters. The maximum Gasteiger partial charge on any atom is 0.254 e. The molecule has 0 aliphatic carbocycles. The van der Waals surface area contributed by atoms with Crippen LogP contribution in [0.5, 0.6) is 0 Å². The number of hydroxylamine groups is 1. The Morgan fingerprint density at radius 2 is 2.07 bits per heavy atom. The van der Waals surface area contributed by atoms with Crippen LogP contribution in [-0.4, -0.2) is 32.5 Å². The van der Waals surface area contributed by atoms with Crippen LogP contribution in [-0.2, 0) is 30.5 Å².